The van der Waals surface area contributed by atoms with Gasteiger partial charge in [0.2, 0.25) is 6.79 Å². The van der Waals surface area contributed by atoms with Crippen molar-refractivity contribution >= 4 is 21.9 Å². The molecule has 0 unspecified atom stereocenters. The van der Waals surface area contributed by atoms with Gasteiger partial charge in [-0.3, -0.25) is 4.99 Å². The topological polar surface area (TPSA) is 54.9 Å². The van der Waals surface area contributed by atoms with Crippen LogP contribution >= 0.6 is 15.9 Å². The van der Waals surface area contributed by atoms with Crippen LogP contribution in [-0.2, 0) is 6.54 Å². The summed E-state index contributed by atoms with van der Waals surface area (Å²) in [4.78, 5) is 4.22. The first-order valence-corrected chi connectivity index (χ1v) is 7.92. The van der Waals surface area contributed by atoms with Gasteiger partial charge in [-0.1, -0.05) is 13.8 Å². The van der Waals surface area contributed by atoms with Gasteiger partial charge < -0.3 is 20.1 Å². The fourth-order valence-corrected chi connectivity index (χ4v) is 2.61. The van der Waals surface area contributed by atoms with Crippen LogP contribution in [-0.4, -0.2) is 26.3 Å². The van der Waals surface area contributed by atoms with Crippen molar-refractivity contribution in [1.82, 2.24) is 10.6 Å². The molecule has 0 radical (unpaired) electrons. The molecule has 0 saturated heterocycles. The highest BCUT2D eigenvalue weighted by atomic mass is 79.9. The van der Waals surface area contributed by atoms with E-state index in [1.807, 2.05) is 12.1 Å². The van der Waals surface area contributed by atoms with Crippen LogP contribution in [0.25, 0.3) is 0 Å². The largest absolute Gasteiger partial charge is 0.454 e. The summed E-state index contributed by atoms with van der Waals surface area (Å²) in [5.41, 5.74) is 1.11. The molecular weight excluding hydrogens is 334 g/mol. The molecule has 0 spiro atoms. The van der Waals surface area contributed by atoms with Crippen molar-refractivity contribution in [3.63, 3.8) is 0 Å². The Labute approximate surface area is 134 Å². The van der Waals surface area contributed by atoms with Crippen LogP contribution in [0, 0.1) is 5.92 Å². The van der Waals surface area contributed by atoms with Gasteiger partial charge in [0, 0.05) is 20.1 Å². The summed E-state index contributed by atoms with van der Waals surface area (Å²) in [6, 6.07) is 4.02. The van der Waals surface area contributed by atoms with Gasteiger partial charge in [-0.05, 0) is 46.0 Å². The highest BCUT2D eigenvalue weighted by molar-refractivity contribution is 9.10. The molecule has 1 aromatic rings. The predicted octanol–water partition coefficient (Wildman–Crippen LogP) is 2.89. The number of fused-ring (bicyclic) bond motifs is 1. The van der Waals surface area contributed by atoms with E-state index in [9.17, 15) is 0 Å². The third-order valence-electron chi connectivity index (χ3n) is 3.18. The third-order valence-corrected chi connectivity index (χ3v) is 3.77. The highest BCUT2D eigenvalue weighted by Crippen LogP contribution is 2.39. The fraction of sp³-hybridized carbons (Fsp3) is 0.533. The smallest absolute Gasteiger partial charge is 0.231 e. The molecular formula is C15H22BrN3O2. The van der Waals surface area contributed by atoms with Crippen LogP contribution in [0.4, 0.5) is 0 Å². The second-order valence-electron chi connectivity index (χ2n) is 5.35. The Morgan fingerprint density at radius 1 is 1.33 bits per heavy atom. The first kappa shape index (κ1) is 15.9. The first-order valence-electron chi connectivity index (χ1n) is 7.12. The molecule has 0 amide bonds. The molecule has 1 aliphatic heterocycles. The van der Waals surface area contributed by atoms with Crippen LogP contribution in [0.3, 0.4) is 0 Å². The molecule has 1 aromatic carbocycles. The fourth-order valence-electron chi connectivity index (χ4n) is 2.01. The first-order chi connectivity index (χ1) is 10.1. The Bertz CT molecular complexity index is 518. The average Bonchev–Trinajstić information content (AvgIpc) is 2.91. The zero-order valence-corrected chi connectivity index (χ0v) is 14.3. The van der Waals surface area contributed by atoms with Gasteiger partial charge in [-0.15, -0.1) is 0 Å². The van der Waals surface area contributed by atoms with Gasteiger partial charge in [-0.2, -0.15) is 0 Å². The Kier molecular flexibility index (Phi) is 5.73. The van der Waals surface area contributed by atoms with E-state index in [-0.39, 0.29) is 6.79 Å². The summed E-state index contributed by atoms with van der Waals surface area (Å²) in [7, 11) is 1.78. The van der Waals surface area contributed by atoms with E-state index < -0.39 is 0 Å². The van der Waals surface area contributed by atoms with Crippen molar-refractivity contribution in [1.29, 1.82) is 0 Å². The molecule has 2 N–H and O–H groups in total. The molecule has 6 heteroatoms. The number of halogens is 1. The van der Waals surface area contributed by atoms with Crippen LogP contribution < -0.4 is 20.1 Å². The van der Waals surface area contributed by atoms with Crippen LogP contribution in [0.5, 0.6) is 11.5 Å². The minimum Gasteiger partial charge on any atom is -0.454 e. The zero-order chi connectivity index (χ0) is 15.2. The maximum Gasteiger partial charge on any atom is 0.231 e. The van der Waals surface area contributed by atoms with E-state index in [1.54, 1.807) is 7.05 Å². The summed E-state index contributed by atoms with van der Waals surface area (Å²) in [6.45, 7) is 6.30. The molecule has 0 bridgehead atoms. The van der Waals surface area contributed by atoms with Gasteiger partial charge in [0.15, 0.2) is 17.5 Å². The van der Waals surface area contributed by atoms with Crippen LogP contribution in [0.1, 0.15) is 25.8 Å². The quantitative estimate of drug-likeness (QED) is 0.629. The summed E-state index contributed by atoms with van der Waals surface area (Å²) in [6.07, 6.45) is 1.12. The monoisotopic (exact) mass is 355 g/mol. The summed E-state index contributed by atoms with van der Waals surface area (Å²) in [5, 5.41) is 6.61. The molecule has 0 aromatic heterocycles. The summed E-state index contributed by atoms with van der Waals surface area (Å²) in [5.74, 6) is 3.05. The number of rotatable bonds is 5. The zero-order valence-electron chi connectivity index (χ0n) is 12.7. The highest BCUT2D eigenvalue weighted by Gasteiger charge is 2.17. The molecule has 0 aliphatic carbocycles. The van der Waals surface area contributed by atoms with Gasteiger partial charge in [0.1, 0.15) is 0 Å². The van der Waals surface area contributed by atoms with E-state index in [0.29, 0.717) is 12.5 Å². The Balaban J connectivity index is 1.88. The number of benzene rings is 1. The lowest BCUT2D eigenvalue weighted by molar-refractivity contribution is 0.173. The number of nitrogens with zero attached hydrogens (tertiary/aromatic N) is 1. The second-order valence-corrected chi connectivity index (χ2v) is 6.20. The maximum atomic E-state index is 5.42. The van der Waals surface area contributed by atoms with Crippen molar-refractivity contribution in [3.8, 4) is 11.5 Å². The molecule has 0 fully saturated rings. The Morgan fingerprint density at radius 3 is 2.86 bits per heavy atom. The van der Waals surface area contributed by atoms with Crippen LogP contribution in [0.2, 0.25) is 0 Å². The molecule has 5 nitrogen and oxygen atoms in total. The summed E-state index contributed by atoms with van der Waals surface area (Å²) >= 11 is 3.50. The van der Waals surface area contributed by atoms with Crippen molar-refractivity contribution in [3.05, 3.63) is 22.2 Å². The van der Waals surface area contributed by atoms with E-state index in [2.05, 4.69) is 45.4 Å². The van der Waals surface area contributed by atoms with Crippen molar-refractivity contribution in [2.75, 3.05) is 20.4 Å². The van der Waals surface area contributed by atoms with Gasteiger partial charge in [-0.25, -0.2) is 0 Å². The van der Waals surface area contributed by atoms with Crippen molar-refractivity contribution < 1.29 is 9.47 Å². The van der Waals surface area contributed by atoms with E-state index in [0.717, 1.165) is 40.5 Å². The number of guanidine groups is 1. The number of aliphatic imine (C=N–C) groups is 1. The maximum absolute atomic E-state index is 5.42. The Morgan fingerprint density at radius 2 is 2.14 bits per heavy atom. The molecule has 2 rings (SSSR count). The standard InChI is InChI=1S/C15H22BrN3O2/c1-10(2)4-5-18-15(17-3)19-8-11-6-12(16)14-13(7-11)20-9-21-14/h6-7,10H,4-5,8-9H2,1-3H3,(H2,17,18,19). The van der Waals surface area contributed by atoms with Crippen molar-refractivity contribution in [2.24, 2.45) is 10.9 Å². The third kappa shape index (κ3) is 4.52. The average molecular weight is 356 g/mol. The Hall–Kier alpha value is -1.43. The minimum absolute atomic E-state index is 0.281. The predicted molar refractivity (Wildman–Crippen MR) is 87.9 cm³/mol. The van der Waals surface area contributed by atoms with E-state index >= 15 is 0 Å². The molecule has 0 atom stereocenters. The number of ether oxygens (including phenoxy) is 2. The molecule has 21 heavy (non-hydrogen) atoms. The molecule has 1 heterocycles. The second kappa shape index (κ2) is 7.54. The number of hydrogen-bond acceptors (Lipinski definition) is 3. The SMILES string of the molecule is CN=C(NCCC(C)C)NCc1cc(Br)c2c(c1)OCO2. The van der Waals surface area contributed by atoms with Gasteiger partial charge in [0.05, 0.1) is 4.47 Å². The van der Waals surface area contributed by atoms with Crippen LogP contribution in [0.15, 0.2) is 21.6 Å². The van der Waals surface area contributed by atoms with E-state index in [1.165, 1.54) is 0 Å². The minimum atomic E-state index is 0.281. The lowest BCUT2D eigenvalue weighted by Crippen LogP contribution is -2.37. The van der Waals surface area contributed by atoms with Gasteiger partial charge in [0.25, 0.3) is 0 Å². The number of hydrogen-bond donors (Lipinski definition) is 2. The van der Waals surface area contributed by atoms with Crippen molar-refractivity contribution in [2.45, 2.75) is 26.8 Å². The lowest BCUT2D eigenvalue weighted by Gasteiger charge is -2.13. The molecule has 0 saturated carbocycles. The molecule has 1 aliphatic rings. The number of nitrogens with one attached hydrogen (secondary N) is 2. The van der Waals surface area contributed by atoms with E-state index in [4.69, 9.17) is 9.47 Å². The molecule has 116 valence electrons. The van der Waals surface area contributed by atoms with Gasteiger partial charge >= 0.3 is 0 Å². The lowest BCUT2D eigenvalue weighted by atomic mass is 10.1. The summed E-state index contributed by atoms with van der Waals surface area (Å²) < 4.78 is 11.7. The normalized spacial score (nSPS) is 13.7.